The molecular weight excluding hydrogens is 613 g/mol. The van der Waals surface area contributed by atoms with E-state index in [-0.39, 0.29) is 68.0 Å². The van der Waals surface area contributed by atoms with Gasteiger partial charge in [-0.05, 0) is 0 Å². The molecule has 0 aliphatic heterocycles. The predicted molar refractivity (Wildman–Crippen MR) is 35.8 cm³/mol. The van der Waals surface area contributed by atoms with E-state index < -0.39 is 35.8 Å². The number of carboxylic acids is 6. The number of carboxylic acid groups (broad SMARTS) is 6. The van der Waals surface area contributed by atoms with Crippen molar-refractivity contribution in [1.82, 2.24) is 0 Å². The van der Waals surface area contributed by atoms with Crippen LogP contribution in [-0.4, -0.2) is 62.0 Å². The Kier molecular flexibility index (Phi) is 28.4. The van der Waals surface area contributed by atoms with Crippen molar-refractivity contribution in [1.29, 1.82) is 0 Å². The predicted octanol–water partition coefficient (Wildman–Crippen LogP) is -10.9. The normalized spacial score (nSPS) is 6.60. The molecule has 0 aromatic rings. The number of aliphatic carboxylic acids is 6. The van der Waals surface area contributed by atoms with Crippen LogP contribution in [0.4, 0.5) is 0 Å². The molecule has 0 saturated carbocycles. The van der Waals surface area contributed by atoms with Gasteiger partial charge in [0.1, 0.15) is 0 Å². The second-order valence-corrected chi connectivity index (χ2v) is 1.72. The van der Waals surface area contributed by atoms with Gasteiger partial charge in [0.05, 0.1) is 35.8 Å². The van der Waals surface area contributed by atoms with Crippen LogP contribution in [0.5, 0.6) is 0 Å². The number of hydrogen-bond acceptors (Lipinski definition) is 12. The van der Waals surface area contributed by atoms with Crippen molar-refractivity contribution in [2.24, 2.45) is 0 Å². The van der Waals surface area contributed by atoms with E-state index in [1.807, 2.05) is 0 Å². The van der Waals surface area contributed by atoms with Crippen molar-refractivity contribution in [3.8, 4) is 0 Å². The zero-order valence-electron chi connectivity index (χ0n) is 8.85. The van der Waals surface area contributed by atoms with Gasteiger partial charge in [-0.3, -0.25) is 0 Å². The summed E-state index contributed by atoms with van der Waals surface area (Å²) in [5, 5.41) is 53.6. The second kappa shape index (κ2) is 18.1. The summed E-state index contributed by atoms with van der Waals surface area (Å²) in [6, 6.07) is 0. The molecule has 0 aromatic heterocycles. The molecule has 0 aliphatic carbocycles. The Bertz CT molecular complexity index is 283. The monoisotopic (exact) mass is 613 g/mol. The minimum Gasteiger partial charge on any atom is -0.543 e. The topological polar surface area (TPSA) is 241 Å². The molecule has 20 heavy (non-hydrogen) atoms. The maximum absolute atomic E-state index is 8.93. The van der Waals surface area contributed by atoms with E-state index in [2.05, 4.69) is 0 Å². The van der Waals surface area contributed by atoms with Crippen LogP contribution in [0.1, 0.15) is 0 Å². The Hall–Kier alpha value is -0.920. The van der Waals surface area contributed by atoms with E-state index in [1.165, 1.54) is 0 Å². The summed E-state index contributed by atoms with van der Waals surface area (Å²) in [5.74, 6) is -13.1. The van der Waals surface area contributed by atoms with Gasteiger partial charge in [0.15, 0.2) is 0 Å². The van der Waals surface area contributed by atoms with Crippen LogP contribution in [0, 0.1) is 41.7 Å². The number of carbonyl (C=O) groups is 6. The summed E-state index contributed by atoms with van der Waals surface area (Å²) >= 11 is 0. The smallest absolute Gasteiger partial charge is 0.543 e. The second-order valence-electron chi connectivity index (χ2n) is 1.72. The first-order valence-corrected chi connectivity index (χ1v) is 3.20. The minimum absolute atomic E-state index is 0. The Balaban J connectivity index is -0.0000000536. The fraction of sp³-hybridized carbons (Fsp3) is 0. The first-order chi connectivity index (χ1) is 7.93. The summed E-state index contributed by atoms with van der Waals surface area (Å²) < 4.78 is 0. The van der Waals surface area contributed by atoms with Gasteiger partial charge in [-0.15, -0.1) is 0 Å². The van der Waals surface area contributed by atoms with Crippen LogP contribution < -0.4 is 30.6 Å². The van der Waals surface area contributed by atoms with Gasteiger partial charge < -0.3 is 59.4 Å². The molecule has 0 amide bonds. The standard InChI is InChI=1S/3C2H2O4.Bi.Ce/c3*3-1(4)2(5)6;;/h3*(H,3,4)(H,5,6);;/q;;;2*+3/p-6. The first kappa shape index (κ1) is 31.5. The maximum Gasteiger partial charge on any atom is 3.00 e. The van der Waals surface area contributed by atoms with E-state index in [9.17, 15) is 0 Å². The van der Waals surface area contributed by atoms with E-state index in [1.54, 1.807) is 0 Å². The van der Waals surface area contributed by atoms with Gasteiger partial charge in [-0.25, -0.2) is 0 Å². The zero-order chi connectivity index (χ0) is 15.5. The van der Waals surface area contributed by atoms with Crippen LogP contribution in [0.3, 0.4) is 0 Å². The summed E-state index contributed by atoms with van der Waals surface area (Å²) in [6.45, 7) is 0. The Morgan fingerprint density at radius 1 is 0.400 bits per heavy atom. The van der Waals surface area contributed by atoms with E-state index in [0.29, 0.717) is 0 Å². The van der Waals surface area contributed by atoms with Crippen LogP contribution >= 0.6 is 0 Å². The van der Waals surface area contributed by atoms with Gasteiger partial charge in [0.25, 0.3) is 0 Å². The molecule has 0 rings (SSSR count). The third-order valence-electron chi connectivity index (χ3n) is 0.500. The van der Waals surface area contributed by atoms with Crippen molar-refractivity contribution in [2.45, 2.75) is 0 Å². The molecule has 0 atom stereocenters. The van der Waals surface area contributed by atoms with Crippen LogP contribution in [0.2, 0.25) is 0 Å². The average Bonchev–Trinajstić information content (AvgIpc) is 2.18. The largest absolute Gasteiger partial charge is 3.00 e. The quantitative estimate of drug-likeness (QED) is 0.183. The van der Waals surface area contributed by atoms with E-state index in [4.69, 9.17) is 59.4 Å². The number of carbonyl (C=O) groups excluding carboxylic acids is 6. The van der Waals surface area contributed by atoms with Crippen LogP contribution in [-0.2, 0) is 28.8 Å². The van der Waals surface area contributed by atoms with Crippen molar-refractivity contribution in [3.05, 3.63) is 0 Å². The summed E-state index contributed by atoms with van der Waals surface area (Å²) in [4.78, 5) is 53.6. The summed E-state index contributed by atoms with van der Waals surface area (Å²) in [6.07, 6.45) is 0. The Morgan fingerprint density at radius 3 is 0.450 bits per heavy atom. The summed E-state index contributed by atoms with van der Waals surface area (Å²) in [7, 11) is 0. The molecular formula is C6BiCeO12. The van der Waals surface area contributed by atoms with Crippen molar-refractivity contribution < 1.29 is 101 Å². The van der Waals surface area contributed by atoms with Crippen molar-refractivity contribution >= 4 is 62.0 Å². The molecule has 0 saturated heterocycles. The number of hydrogen-bond donors (Lipinski definition) is 0. The molecule has 0 N–H and O–H groups in total. The average molecular weight is 613 g/mol. The summed E-state index contributed by atoms with van der Waals surface area (Å²) in [5.41, 5.74) is 0. The molecule has 14 heteroatoms. The van der Waals surface area contributed by atoms with Crippen LogP contribution in [0.25, 0.3) is 0 Å². The van der Waals surface area contributed by atoms with Crippen molar-refractivity contribution in [2.75, 3.05) is 0 Å². The van der Waals surface area contributed by atoms with Crippen molar-refractivity contribution in [3.63, 3.8) is 0 Å². The molecule has 12 nitrogen and oxygen atoms in total. The molecule has 0 fully saturated rings. The third-order valence-corrected chi connectivity index (χ3v) is 0.500. The molecule has 105 valence electrons. The van der Waals surface area contributed by atoms with Gasteiger partial charge in [0.2, 0.25) is 0 Å². The van der Waals surface area contributed by atoms with Crippen LogP contribution in [0.15, 0.2) is 0 Å². The van der Waals surface area contributed by atoms with Gasteiger partial charge in [-0.2, -0.15) is 0 Å². The van der Waals surface area contributed by atoms with Gasteiger partial charge >= 0.3 is 68.0 Å². The molecule has 0 heterocycles. The fourth-order valence-corrected chi connectivity index (χ4v) is 0. The maximum atomic E-state index is 8.93. The van der Waals surface area contributed by atoms with E-state index >= 15 is 0 Å². The minimum atomic E-state index is -2.19. The number of rotatable bonds is 0. The van der Waals surface area contributed by atoms with Gasteiger partial charge in [-0.1, -0.05) is 0 Å². The molecule has 3 radical (unpaired) electrons. The zero-order valence-corrected chi connectivity index (χ0v) is 15.5. The molecule has 0 aliphatic rings. The SMILES string of the molecule is O=C([O-])C(=O)[O-].O=C([O-])C(=O)[O-].O=C([O-])C(=O)[O-].[Bi+3].[Ce+3]. The third kappa shape index (κ3) is 36.0. The Morgan fingerprint density at radius 2 is 0.450 bits per heavy atom. The fourth-order valence-electron chi connectivity index (χ4n) is 0. The first-order valence-electron chi connectivity index (χ1n) is 3.20. The molecule has 0 bridgehead atoms. The molecule has 0 spiro atoms. The van der Waals surface area contributed by atoms with Gasteiger partial charge in [0, 0.05) is 0 Å². The molecule has 0 aromatic carbocycles. The van der Waals surface area contributed by atoms with E-state index in [0.717, 1.165) is 0 Å². The Labute approximate surface area is 161 Å². The molecule has 0 unspecified atom stereocenters.